The summed E-state index contributed by atoms with van der Waals surface area (Å²) in [7, 11) is 1.67. The number of nitrogens with zero attached hydrogens (tertiary/aromatic N) is 3. The summed E-state index contributed by atoms with van der Waals surface area (Å²) in [6.07, 6.45) is 3.84. The van der Waals surface area contributed by atoms with Crippen LogP contribution in [0.3, 0.4) is 0 Å². The third kappa shape index (κ3) is 7.64. The molecule has 3 heterocycles. The van der Waals surface area contributed by atoms with E-state index in [2.05, 4.69) is 105 Å². The molecule has 2 aliphatic rings. The number of methoxy groups -OCH3 is 1. The van der Waals surface area contributed by atoms with Crippen LogP contribution in [-0.2, 0) is 12.1 Å². The second kappa shape index (κ2) is 16.2. The first kappa shape index (κ1) is 36.4. The number of ether oxygens (including phenoxy) is 1. The van der Waals surface area contributed by atoms with Crippen LogP contribution < -0.4 is 4.74 Å². The van der Waals surface area contributed by atoms with Gasteiger partial charge in [-0.1, -0.05) is 107 Å². The van der Waals surface area contributed by atoms with E-state index >= 15 is 0 Å². The maximum Gasteiger partial charge on any atom is 0.217 e. The zero-order chi connectivity index (χ0) is 31.5. The molecule has 2 bridgehead atoms. The van der Waals surface area contributed by atoms with Gasteiger partial charge in [0.1, 0.15) is 5.60 Å². The van der Waals surface area contributed by atoms with Crippen molar-refractivity contribution in [2.45, 2.75) is 55.8 Å². The lowest BCUT2D eigenvalue weighted by Gasteiger charge is -2.39. The minimum atomic E-state index is -1.17. The van der Waals surface area contributed by atoms with Gasteiger partial charge in [-0.2, -0.15) is 27.0 Å². The summed E-state index contributed by atoms with van der Waals surface area (Å²) in [6, 6.07) is 40.9. The van der Waals surface area contributed by atoms with Crippen molar-refractivity contribution in [3.05, 3.63) is 142 Å². The maximum absolute atomic E-state index is 13.1. The summed E-state index contributed by atoms with van der Waals surface area (Å²) >= 11 is 3.64. The molecule has 2 saturated heterocycles. The average Bonchev–Trinajstić information content (AvgIpc) is 3.68. The van der Waals surface area contributed by atoms with Crippen molar-refractivity contribution in [1.29, 1.82) is 0 Å². The number of aliphatic hydroxyl groups is 1. The predicted molar refractivity (Wildman–Crippen MR) is 210 cm³/mol. The third-order valence-electron chi connectivity index (χ3n) is 10.1. The number of rotatable bonds is 12. The van der Waals surface area contributed by atoms with E-state index in [0.717, 1.165) is 71.1 Å². The SMILES string of the molecule is COc1nc2ccc(Br)cc2cc1C(c1ccccc1)C(O)(CCCCN1CC2CC1CN2Cc1ccccc1)c1ccccc1.S.S. The Kier molecular flexibility index (Phi) is 12.3. The van der Waals surface area contributed by atoms with Crippen molar-refractivity contribution in [2.24, 2.45) is 0 Å². The van der Waals surface area contributed by atoms with Gasteiger partial charge in [-0.3, -0.25) is 9.80 Å². The molecule has 2 aliphatic heterocycles. The van der Waals surface area contributed by atoms with Gasteiger partial charge in [0.2, 0.25) is 5.88 Å². The molecule has 0 saturated carbocycles. The lowest BCUT2D eigenvalue weighted by Crippen LogP contribution is -2.46. The summed E-state index contributed by atoms with van der Waals surface area (Å²) in [5.41, 5.74) is 3.94. The Morgan fingerprint density at radius 2 is 1.48 bits per heavy atom. The van der Waals surface area contributed by atoms with E-state index in [1.165, 1.54) is 12.0 Å². The number of fused-ring (bicyclic) bond motifs is 3. The van der Waals surface area contributed by atoms with Gasteiger partial charge in [0.25, 0.3) is 0 Å². The summed E-state index contributed by atoms with van der Waals surface area (Å²) in [5, 5.41) is 14.1. The summed E-state index contributed by atoms with van der Waals surface area (Å²) in [4.78, 5) is 10.3. The van der Waals surface area contributed by atoms with Crippen LogP contribution in [0.15, 0.2) is 120 Å². The van der Waals surface area contributed by atoms with Crippen LogP contribution in [0.25, 0.3) is 10.9 Å². The van der Waals surface area contributed by atoms with Crippen molar-refractivity contribution in [3.63, 3.8) is 0 Å². The molecule has 2 fully saturated rings. The number of pyridine rings is 1. The lowest BCUT2D eigenvalue weighted by molar-refractivity contribution is 0.00612. The molecule has 8 heteroatoms. The minimum absolute atomic E-state index is 0. The Morgan fingerprint density at radius 1 is 0.833 bits per heavy atom. The fourth-order valence-corrected chi connectivity index (χ4v) is 8.26. The van der Waals surface area contributed by atoms with Crippen LogP contribution in [0.1, 0.15) is 53.9 Å². The quantitative estimate of drug-likeness (QED) is 0.130. The zero-order valence-electron chi connectivity index (χ0n) is 27.4. The molecule has 4 atom stereocenters. The van der Waals surface area contributed by atoms with Crippen LogP contribution in [0.4, 0.5) is 0 Å². The zero-order valence-corrected chi connectivity index (χ0v) is 31.0. The number of halogens is 1. The Balaban J connectivity index is 0.00000225. The van der Waals surface area contributed by atoms with Gasteiger partial charge in [-0.25, -0.2) is 4.98 Å². The molecule has 1 aromatic heterocycles. The fourth-order valence-electron chi connectivity index (χ4n) is 7.88. The van der Waals surface area contributed by atoms with E-state index in [-0.39, 0.29) is 32.9 Å². The number of likely N-dealkylation sites (tertiary alicyclic amines) is 2. The first-order valence-corrected chi connectivity index (χ1v) is 17.3. The first-order valence-electron chi connectivity index (χ1n) is 16.5. The van der Waals surface area contributed by atoms with E-state index in [1.807, 2.05) is 36.4 Å². The monoisotopic (exact) mass is 743 g/mol. The van der Waals surface area contributed by atoms with Gasteiger partial charge in [0, 0.05) is 53.1 Å². The van der Waals surface area contributed by atoms with Crippen molar-refractivity contribution >= 4 is 53.8 Å². The van der Waals surface area contributed by atoms with Crippen molar-refractivity contribution < 1.29 is 9.84 Å². The van der Waals surface area contributed by atoms with Gasteiger partial charge in [-0.15, -0.1) is 0 Å². The molecule has 0 radical (unpaired) electrons. The summed E-state index contributed by atoms with van der Waals surface area (Å²) in [5.74, 6) is 0.169. The van der Waals surface area contributed by atoms with Crippen molar-refractivity contribution in [2.75, 3.05) is 26.7 Å². The standard InChI is InChI=1S/C40H42BrN3O2.2H2S/c1-46-39-36(24-31-23-33(41)19-20-37(31)42-39)38(30-15-7-3-8-16-30)40(45,32-17-9-4-10-18-32)21-11-12-22-43-27-35-25-34(43)28-44(35)26-29-13-5-2-6-14-29;;/h2-10,13-20,23-24,34-35,38,45H,11-12,21-22,25-28H2,1H3;2*1H2. The molecule has 5 nitrogen and oxygen atoms in total. The van der Waals surface area contributed by atoms with Gasteiger partial charge in [0.15, 0.2) is 0 Å². The van der Waals surface area contributed by atoms with Gasteiger partial charge >= 0.3 is 0 Å². The highest BCUT2D eigenvalue weighted by Gasteiger charge is 2.44. The highest BCUT2D eigenvalue weighted by Crippen LogP contribution is 2.48. The Bertz CT molecular complexity index is 1760. The third-order valence-corrected chi connectivity index (χ3v) is 10.6. The number of benzene rings is 4. The lowest BCUT2D eigenvalue weighted by atomic mass is 9.71. The smallest absolute Gasteiger partial charge is 0.217 e. The molecule has 0 aliphatic carbocycles. The number of hydrogen-bond donors (Lipinski definition) is 1. The van der Waals surface area contributed by atoms with Crippen LogP contribution >= 0.6 is 42.9 Å². The highest BCUT2D eigenvalue weighted by molar-refractivity contribution is 9.10. The summed E-state index contributed by atoms with van der Waals surface area (Å²) in [6.45, 7) is 4.40. The normalized spacial score (nSPS) is 19.3. The first-order chi connectivity index (χ1) is 22.5. The van der Waals surface area contributed by atoms with Crippen LogP contribution in [-0.4, -0.2) is 58.7 Å². The molecule has 252 valence electrons. The Morgan fingerprint density at radius 3 is 2.15 bits per heavy atom. The van der Waals surface area contributed by atoms with Gasteiger partial charge in [-0.05, 0) is 73.2 Å². The van der Waals surface area contributed by atoms with E-state index in [9.17, 15) is 5.11 Å². The molecule has 5 aromatic rings. The molecular formula is C40H46BrN3O2S2. The molecule has 48 heavy (non-hydrogen) atoms. The molecular weight excluding hydrogens is 698 g/mol. The number of piperazine rings is 1. The largest absolute Gasteiger partial charge is 0.481 e. The average molecular weight is 745 g/mol. The molecule has 0 spiro atoms. The van der Waals surface area contributed by atoms with E-state index < -0.39 is 5.60 Å². The van der Waals surface area contributed by atoms with Crippen LogP contribution in [0.5, 0.6) is 5.88 Å². The van der Waals surface area contributed by atoms with Crippen molar-refractivity contribution in [3.8, 4) is 5.88 Å². The Hall–Kier alpha value is -2.85. The highest BCUT2D eigenvalue weighted by atomic mass is 79.9. The topological polar surface area (TPSA) is 48.8 Å². The van der Waals surface area contributed by atoms with E-state index in [0.29, 0.717) is 24.4 Å². The minimum Gasteiger partial charge on any atom is -0.481 e. The second-order valence-corrected chi connectivity index (χ2v) is 13.9. The second-order valence-electron chi connectivity index (χ2n) is 13.0. The molecule has 7 rings (SSSR count). The van der Waals surface area contributed by atoms with Crippen LogP contribution in [0.2, 0.25) is 0 Å². The van der Waals surface area contributed by atoms with Crippen LogP contribution in [0, 0.1) is 0 Å². The van der Waals surface area contributed by atoms with Crippen molar-refractivity contribution in [1.82, 2.24) is 14.8 Å². The molecule has 4 aromatic carbocycles. The number of aromatic nitrogens is 1. The van der Waals surface area contributed by atoms with E-state index in [4.69, 9.17) is 9.72 Å². The maximum atomic E-state index is 13.1. The molecule has 1 N–H and O–H groups in total. The van der Waals surface area contributed by atoms with Gasteiger partial charge in [0.05, 0.1) is 12.6 Å². The number of hydrogen-bond acceptors (Lipinski definition) is 5. The Labute approximate surface area is 307 Å². The molecule has 0 amide bonds. The molecule has 4 unspecified atom stereocenters. The predicted octanol–water partition coefficient (Wildman–Crippen LogP) is 8.38. The summed E-state index contributed by atoms with van der Waals surface area (Å²) < 4.78 is 6.93. The van der Waals surface area contributed by atoms with Gasteiger partial charge < -0.3 is 9.84 Å². The number of unbranched alkanes of at least 4 members (excludes halogenated alkanes) is 1. The fraction of sp³-hybridized carbons (Fsp3) is 0.325. The van der Waals surface area contributed by atoms with E-state index in [1.54, 1.807) is 7.11 Å².